The molecule has 2 atom stereocenters. The van der Waals surface area contributed by atoms with Gasteiger partial charge in [0, 0.05) is 6.54 Å². The van der Waals surface area contributed by atoms with E-state index in [1.54, 1.807) is 5.51 Å². The van der Waals surface area contributed by atoms with Crippen molar-refractivity contribution in [3.63, 3.8) is 0 Å². The van der Waals surface area contributed by atoms with Crippen LogP contribution in [0.5, 0.6) is 0 Å². The minimum absolute atomic E-state index is 0.0337. The second kappa shape index (κ2) is 4.85. The van der Waals surface area contributed by atoms with Gasteiger partial charge in [-0.15, -0.1) is 11.3 Å². The van der Waals surface area contributed by atoms with Gasteiger partial charge in [0.2, 0.25) is 5.91 Å². The van der Waals surface area contributed by atoms with Crippen molar-refractivity contribution < 1.29 is 19.8 Å². The standard InChI is InChI=1S/C11H11N3O4S2/c12-1-5-7(19-3-13-5)8-6(11(17)18)14-9(16)4(2-15)10(14)20-8/h3-4,10,15H,1-2,12H2,(H,17,18)/t4-,10+/m0/s1. The average molecular weight is 313 g/mol. The SMILES string of the molecule is NCc1ncsc1C1=C(C(=O)O)N2C(=O)[C@H](CO)[C@H]2S1. The van der Waals surface area contributed by atoms with Crippen molar-refractivity contribution in [2.45, 2.75) is 11.9 Å². The lowest BCUT2D eigenvalue weighted by Gasteiger charge is -2.41. The third-order valence-electron chi connectivity index (χ3n) is 3.29. The van der Waals surface area contributed by atoms with Crippen LogP contribution in [0.2, 0.25) is 0 Å². The molecule has 9 heteroatoms. The number of thioether (sulfide) groups is 1. The number of thiazole rings is 1. The van der Waals surface area contributed by atoms with Crippen molar-refractivity contribution in [2.24, 2.45) is 11.7 Å². The molecular weight excluding hydrogens is 302 g/mol. The molecular formula is C11H11N3O4S2. The zero-order chi connectivity index (χ0) is 14.4. The number of fused-ring (bicyclic) bond motifs is 1. The molecule has 20 heavy (non-hydrogen) atoms. The quantitative estimate of drug-likeness (QED) is 0.663. The average Bonchev–Trinajstić information content (AvgIpc) is 3.00. The maximum atomic E-state index is 11.9. The molecule has 106 valence electrons. The molecule has 1 fully saturated rings. The lowest BCUT2D eigenvalue weighted by Crippen LogP contribution is -2.58. The van der Waals surface area contributed by atoms with Crippen LogP contribution in [0.15, 0.2) is 11.2 Å². The Kier molecular flexibility index (Phi) is 3.28. The number of carboxylic acid groups (broad SMARTS) is 1. The van der Waals surface area contributed by atoms with E-state index in [-0.39, 0.29) is 30.1 Å². The Bertz CT molecular complexity index is 627. The first-order chi connectivity index (χ1) is 9.60. The lowest BCUT2D eigenvalue weighted by atomic mass is 9.98. The van der Waals surface area contributed by atoms with E-state index in [2.05, 4.69) is 4.98 Å². The number of amides is 1. The molecule has 1 amide bonds. The van der Waals surface area contributed by atoms with Crippen LogP contribution in [-0.4, -0.2) is 44.0 Å². The maximum absolute atomic E-state index is 11.9. The van der Waals surface area contributed by atoms with Crippen LogP contribution < -0.4 is 5.73 Å². The van der Waals surface area contributed by atoms with Gasteiger partial charge in [-0.3, -0.25) is 9.69 Å². The van der Waals surface area contributed by atoms with Gasteiger partial charge in [-0.2, -0.15) is 0 Å². The highest BCUT2D eigenvalue weighted by Gasteiger charge is 2.56. The van der Waals surface area contributed by atoms with Gasteiger partial charge >= 0.3 is 5.97 Å². The number of carboxylic acids is 1. The van der Waals surface area contributed by atoms with Crippen molar-refractivity contribution in [2.75, 3.05) is 6.61 Å². The van der Waals surface area contributed by atoms with E-state index >= 15 is 0 Å². The summed E-state index contributed by atoms with van der Waals surface area (Å²) in [6.07, 6.45) is 0. The summed E-state index contributed by atoms with van der Waals surface area (Å²) in [4.78, 5) is 29.9. The second-order valence-electron chi connectivity index (χ2n) is 4.32. The van der Waals surface area contributed by atoms with Crippen molar-refractivity contribution in [3.05, 3.63) is 21.8 Å². The van der Waals surface area contributed by atoms with Crippen LogP contribution in [0.3, 0.4) is 0 Å². The number of hydrogen-bond acceptors (Lipinski definition) is 7. The van der Waals surface area contributed by atoms with E-state index in [4.69, 9.17) is 5.73 Å². The molecule has 0 saturated carbocycles. The molecule has 1 aromatic rings. The summed E-state index contributed by atoms with van der Waals surface area (Å²) in [5, 5.41) is 18.2. The summed E-state index contributed by atoms with van der Waals surface area (Å²) < 4.78 is 0. The number of nitrogens with two attached hydrogens (primary N) is 1. The van der Waals surface area contributed by atoms with Gasteiger partial charge in [-0.25, -0.2) is 9.78 Å². The van der Waals surface area contributed by atoms with Gasteiger partial charge in [0.25, 0.3) is 0 Å². The molecule has 2 aliphatic rings. The fraction of sp³-hybridized carbons (Fsp3) is 0.364. The van der Waals surface area contributed by atoms with Crippen LogP contribution in [0.25, 0.3) is 4.91 Å². The molecule has 0 radical (unpaired) electrons. The number of aliphatic hydroxyl groups excluding tert-OH is 1. The summed E-state index contributed by atoms with van der Waals surface area (Å²) >= 11 is 2.58. The first kappa shape index (κ1) is 13.6. The topological polar surface area (TPSA) is 117 Å². The molecule has 0 unspecified atom stereocenters. The summed E-state index contributed by atoms with van der Waals surface area (Å²) in [5.41, 5.74) is 7.78. The number of aromatic nitrogens is 1. The zero-order valence-corrected chi connectivity index (χ0v) is 11.8. The van der Waals surface area contributed by atoms with E-state index in [1.807, 2.05) is 0 Å². The highest BCUT2D eigenvalue weighted by Crippen LogP contribution is 2.53. The first-order valence-corrected chi connectivity index (χ1v) is 7.57. The number of hydrogen-bond donors (Lipinski definition) is 3. The maximum Gasteiger partial charge on any atom is 0.353 e. The largest absolute Gasteiger partial charge is 0.477 e. The summed E-state index contributed by atoms with van der Waals surface area (Å²) in [5.74, 6) is -2.05. The van der Waals surface area contributed by atoms with Crippen LogP contribution >= 0.6 is 23.1 Å². The van der Waals surface area contributed by atoms with Gasteiger partial charge in [0.05, 0.1) is 33.5 Å². The molecule has 0 spiro atoms. The Balaban J connectivity index is 2.06. The Labute approximate surface area is 122 Å². The normalized spacial score (nSPS) is 24.9. The van der Waals surface area contributed by atoms with Gasteiger partial charge in [-0.1, -0.05) is 11.8 Å². The van der Waals surface area contributed by atoms with Crippen LogP contribution in [0.1, 0.15) is 10.6 Å². The molecule has 0 aromatic carbocycles. The molecule has 4 N–H and O–H groups in total. The van der Waals surface area contributed by atoms with Crippen LogP contribution in [-0.2, 0) is 16.1 Å². The predicted molar refractivity (Wildman–Crippen MR) is 73.4 cm³/mol. The fourth-order valence-electron chi connectivity index (χ4n) is 2.31. The van der Waals surface area contributed by atoms with E-state index in [1.165, 1.54) is 28.0 Å². The minimum Gasteiger partial charge on any atom is -0.477 e. The van der Waals surface area contributed by atoms with Crippen LogP contribution in [0, 0.1) is 5.92 Å². The van der Waals surface area contributed by atoms with Gasteiger partial charge < -0.3 is 15.9 Å². The Morgan fingerprint density at radius 2 is 2.30 bits per heavy atom. The fourth-order valence-corrected chi connectivity index (χ4v) is 4.81. The minimum atomic E-state index is -1.16. The molecule has 7 nitrogen and oxygen atoms in total. The first-order valence-electron chi connectivity index (χ1n) is 5.81. The highest BCUT2D eigenvalue weighted by atomic mass is 32.2. The molecule has 3 heterocycles. The summed E-state index contributed by atoms with van der Waals surface area (Å²) in [6, 6.07) is 0. The van der Waals surface area contributed by atoms with Crippen molar-refractivity contribution in [1.82, 2.24) is 9.88 Å². The van der Waals surface area contributed by atoms with Gasteiger partial charge in [0.1, 0.15) is 11.1 Å². The number of carbonyl (C=O) groups is 2. The van der Waals surface area contributed by atoms with Crippen molar-refractivity contribution in [3.8, 4) is 0 Å². The van der Waals surface area contributed by atoms with Crippen molar-refractivity contribution >= 4 is 39.9 Å². The van der Waals surface area contributed by atoms with Crippen molar-refractivity contribution in [1.29, 1.82) is 0 Å². The van der Waals surface area contributed by atoms with E-state index < -0.39 is 11.9 Å². The molecule has 1 aromatic heterocycles. The summed E-state index contributed by atoms with van der Waals surface area (Å²) in [7, 11) is 0. The molecule has 2 aliphatic heterocycles. The predicted octanol–water partition coefficient (Wildman–Crippen LogP) is -0.121. The number of carbonyl (C=O) groups excluding carboxylic acids is 1. The Hall–Kier alpha value is -1.42. The third kappa shape index (κ3) is 1.71. The Morgan fingerprint density at radius 1 is 1.55 bits per heavy atom. The lowest BCUT2D eigenvalue weighted by molar-refractivity contribution is -0.153. The van der Waals surface area contributed by atoms with Crippen LogP contribution in [0.4, 0.5) is 0 Å². The number of nitrogens with zero attached hydrogens (tertiary/aromatic N) is 2. The van der Waals surface area contributed by atoms with Gasteiger partial charge in [-0.05, 0) is 0 Å². The molecule has 1 saturated heterocycles. The monoisotopic (exact) mass is 313 g/mol. The molecule has 0 aliphatic carbocycles. The third-order valence-corrected chi connectivity index (χ3v) is 5.72. The highest BCUT2D eigenvalue weighted by molar-refractivity contribution is 8.09. The van der Waals surface area contributed by atoms with E-state index in [0.29, 0.717) is 15.5 Å². The van der Waals surface area contributed by atoms with E-state index in [0.717, 1.165) is 0 Å². The number of rotatable bonds is 4. The van der Waals surface area contributed by atoms with Gasteiger partial charge in [0.15, 0.2) is 0 Å². The summed E-state index contributed by atoms with van der Waals surface area (Å²) in [6.45, 7) is -0.0720. The number of aliphatic carboxylic acids is 1. The molecule has 3 rings (SSSR count). The number of β-lactam (4-membered cyclic amide) rings is 1. The second-order valence-corrected chi connectivity index (χ2v) is 6.30. The van der Waals surface area contributed by atoms with E-state index in [9.17, 15) is 19.8 Å². The Morgan fingerprint density at radius 3 is 2.90 bits per heavy atom. The smallest absolute Gasteiger partial charge is 0.353 e. The molecule has 0 bridgehead atoms. The number of aliphatic hydroxyl groups is 1. The zero-order valence-electron chi connectivity index (χ0n) is 10.1.